The second-order valence-corrected chi connectivity index (χ2v) is 8.21. The van der Waals surface area contributed by atoms with E-state index in [1.165, 1.54) is 33.5 Å². The molecule has 1 aliphatic rings. The van der Waals surface area contributed by atoms with Crippen LogP contribution in [0.4, 0.5) is 4.39 Å². The molecule has 1 saturated heterocycles. The Hall–Kier alpha value is -1.62. The van der Waals surface area contributed by atoms with Gasteiger partial charge in [0.1, 0.15) is 17.0 Å². The molecule has 10 heteroatoms. The fourth-order valence-corrected chi connectivity index (χ4v) is 4.70. The quantitative estimate of drug-likeness (QED) is 0.742. The van der Waals surface area contributed by atoms with Crippen LogP contribution in [-0.4, -0.2) is 53.2 Å². The van der Waals surface area contributed by atoms with Crippen molar-refractivity contribution in [1.29, 1.82) is 0 Å². The average Bonchev–Trinajstić information content (AvgIpc) is 2.95. The van der Waals surface area contributed by atoms with Gasteiger partial charge in [0, 0.05) is 6.54 Å². The van der Waals surface area contributed by atoms with Gasteiger partial charge in [-0.15, -0.1) is 0 Å². The molecule has 1 N–H and O–H groups in total. The van der Waals surface area contributed by atoms with Crippen molar-refractivity contribution in [3.63, 3.8) is 0 Å². The Labute approximate surface area is 151 Å². The first-order valence-corrected chi connectivity index (χ1v) is 9.99. The number of sulfonamides is 1. The number of nitrogens with zero attached hydrogens (tertiary/aromatic N) is 4. The Morgan fingerprint density at radius 3 is 2.56 bits per heavy atom. The van der Waals surface area contributed by atoms with Crippen LogP contribution >= 0.6 is 12.2 Å². The molecule has 0 bridgehead atoms. The highest BCUT2D eigenvalue weighted by atomic mass is 32.2. The average molecular weight is 386 g/mol. The van der Waals surface area contributed by atoms with Crippen LogP contribution in [0.1, 0.15) is 6.92 Å². The molecule has 1 aromatic carbocycles. The lowest BCUT2D eigenvalue weighted by atomic mass is 10.3. The molecule has 25 heavy (non-hydrogen) atoms. The van der Waals surface area contributed by atoms with Crippen molar-refractivity contribution in [1.82, 2.24) is 18.7 Å². The molecule has 0 radical (unpaired) electrons. The summed E-state index contributed by atoms with van der Waals surface area (Å²) in [6, 6.07) is 5.49. The fraction of sp³-hybridized carbons (Fsp3) is 0.467. The van der Waals surface area contributed by atoms with Gasteiger partial charge in [0.15, 0.2) is 6.67 Å². The number of piperazine rings is 1. The van der Waals surface area contributed by atoms with Gasteiger partial charge in [-0.3, -0.25) is 0 Å². The Morgan fingerprint density at radius 1 is 1.28 bits per heavy atom. The van der Waals surface area contributed by atoms with Crippen molar-refractivity contribution < 1.29 is 17.7 Å². The lowest BCUT2D eigenvalue weighted by molar-refractivity contribution is -0.926. The highest BCUT2D eigenvalue weighted by Gasteiger charge is 2.32. The summed E-state index contributed by atoms with van der Waals surface area (Å²) in [5, 5.41) is 4.28. The second kappa shape index (κ2) is 7.32. The minimum absolute atomic E-state index is 0.262. The van der Waals surface area contributed by atoms with Crippen LogP contribution in [0.2, 0.25) is 0 Å². The molecule has 136 valence electrons. The maximum Gasteiger partial charge on any atom is 0.246 e. The molecule has 1 fully saturated rings. The first-order valence-electron chi connectivity index (χ1n) is 8.14. The van der Waals surface area contributed by atoms with Gasteiger partial charge in [0.2, 0.25) is 14.8 Å². The minimum atomic E-state index is -3.80. The van der Waals surface area contributed by atoms with Gasteiger partial charge in [0.05, 0.1) is 26.2 Å². The number of quaternary nitrogens is 1. The van der Waals surface area contributed by atoms with E-state index in [9.17, 15) is 12.8 Å². The van der Waals surface area contributed by atoms with Crippen molar-refractivity contribution >= 4 is 22.2 Å². The number of hydrogen-bond donors (Lipinski definition) is 1. The summed E-state index contributed by atoms with van der Waals surface area (Å²) in [5.74, 6) is -0.714. The summed E-state index contributed by atoms with van der Waals surface area (Å²) >= 11 is 5.36. The number of rotatable bonds is 5. The van der Waals surface area contributed by atoms with E-state index in [-0.39, 0.29) is 4.90 Å². The largest absolute Gasteiger partial charge is 0.314 e. The van der Waals surface area contributed by atoms with Gasteiger partial charge in [-0.1, -0.05) is 12.1 Å². The van der Waals surface area contributed by atoms with Gasteiger partial charge in [-0.05, 0) is 31.3 Å². The van der Waals surface area contributed by atoms with E-state index < -0.39 is 15.8 Å². The topological polar surface area (TPSA) is 64.6 Å². The molecule has 0 unspecified atom stereocenters. The van der Waals surface area contributed by atoms with Crippen molar-refractivity contribution in [2.75, 3.05) is 26.2 Å². The number of benzene rings is 1. The maximum atomic E-state index is 13.8. The summed E-state index contributed by atoms with van der Waals surface area (Å²) in [4.78, 5) is 0.930. The fourth-order valence-electron chi connectivity index (χ4n) is 2.90. The third-order valence-electron chi connectivity index (χ3n) is 4.39. The van der Waals surface area contributed by atoms with Crippen molar-refractivity contribution in [3.05, 3.63) is 41.2 Å². The van der Waals surface area contributed by atoms with Gasteiger partial charge >= 0.3 is 0 Å². The third-order valence-corrected chi connectivity index (χ3v) is 6.77. The first kappa shape index (κ1) is 18.2. The third kappa shape index (κ3) is 3.66. The van der Waals surface area contributed by atoms with E-state index in [2.05, 4.69) is 5.10 Å². The van der Waals surface area contributed by atoms with Crippen LogP contribution in [0.5, 0.6) is 0 Å². The van der Waals surface area contributed by atoms with E-state index in [0.29, 0.717) is 37.6 Å². The first-order chi connectivity index (χ1) is 11.9. The van der Waals surface area contributed by atoms with Crippen LogP contribution in [0.3, 0.4) is 0 Å². The Balaban J connectivity index is 1.66. The SMILES string of the molecule is CCn1cnn(C[NH+]2CCN(S(=O)(=O)c3ccccc3F)CC2)c1=S. The lowest BCUT2D eigenvalue weighted by Crippen LogP contribution is -3.14. The molecule has 0 saturated carbocycles. The number of nitrogens with one attached hydrogen (secondary N) is 1. The molecular formula is C15H21FN5O2S2+. The van der Waals surface area contributed by atoms with Gasteiger partial charge in [-0.2, -0.15) is 14.1 Å². The number of halogens is 1. The predicted octanol–water partition coefficient (Wildman–Crippen LogP) is 0.120. The summed E-state index contributed by atoms with van der Waals surface area (Å²) in [7, 11) is -3.80. The van der Waals surface area contributed by atoms with E-state index in [0.717, 1.165) is 6.54 Å². The zero-order chi connectivity index (χ0) is 18.0. The zero-order valence-corrected chi connectivity index (χ0v) is 15.6. The molecule has 0 atom stereocenters. The van der Waals surface area contributed by atoms with Gasteiger partial charge < -0.3 is 9.47 Å². The normalized spacial score (nSPS) is 17.0. The Bertz CT molecular complexity index is 901. The molecule has 2 aromatic rings. The molecule has 1 aliphatic heterocycles. The predicted molar refractivity (Wildman–Crippen MR) is 92.6 cm³/mol. The van der Waals surface area contributed by atoms with E-state index in [1.54, 1.807) is 11.0 Å². The van der Waals surface area contributed by atoms with Crippen molar-refractivity contribution in [2.24, 2.45) is 0 Å². The van der Waals surface area contributed by atoms with E-state index >= 15 is 0 Å². The minimum Gasteiger partial charge on any atom is -0.314 e. The van der Waals surface area contributed by atoms with E-state index in [1.807, 2.05) is 11.5 Å². The number of aryl methyl sites for hydroxylation is 1. The Morgan fingerprint density at radius 2 is 1.96 bits per heavy atom. The van der Waals surface area contributed by atoms with Crippen LogP contribution < -0.4 is 4.90 Å². The molecular weight excluding hydrogens is 365 g/mol. The standard InChI is InChI=1S/C15H20FN5O2S2/c1-2-19-11-17-21(15(19)24)12-18-7-9-20(10-8-18)25(22,23)14-6-4-3-5-13(14)16/h3-6,11H,2,7-10,12H2,1H3/p+1. The summed E-state index contributed by atoms with van der Waals surface area (Å²) in [6.07, 6.45) is 1.71. The summed E-state index contributed by atoms with van der Waals surface area (Å²) < 4.78 is 44.7. The van der Waals surface area contributed by atoms with E-state index in [4.69, 9.17) is 12.2 Å². The molecule has 2 heterocycles. The van der Waals surface area contributed by atoms with Crippen LogP contribution in [0.15, 0.2) is 35.5 Å². The smallest absolute Gasteiger partial charge is 0.246 e. The number of hydrogen-bond acceptors (Lipinski definition) is 4. The van der Waals surface area contributed by atoms with Crippen molar-refractivity contribution in [3.8, 4) is 0 Å². The summed E-state index contributed by atoms with van der Waals surface area (Å²) in [5.41, 5.74) is 0. The van der Waals surface area contributed by atoms with Crippen molar-refractivity contribution in [2.45, 2.75) is 25.0 Å². The van der Waals surface area contributed by atoms with Crippen LogP contribution in [0, 0.1) is 10.6 Å². The molecule has 7 nitrogen and oxygen atoms in total. The molecule has 0 spiro atoms. The molecule has 0 aliphatic carbocycles. The van der Waals surface area contributed by atoms with Crippen LogP contribution in [0.25, 0.3) is 0 Å². The van der Waals surface area contributed by atoms with Gasteiger partial charge in [0.25, 0.3) is 0 Å². The highest BCUT2D eigenvalue weighted by molar-refractivity contribution is 7.89. The summed E-state index contributed by atoms with van der Waals surface area (Å²) in [6.45, 7) is 5.29. The van der Waals surface area contributed by atoms with Gasteiger partial charge in [-0.25, -0.2) is 12.8 Å². The van der Waals surface area contributed by atoms with Crippen LogP contribution in [-0.2, 0) is 23.2 Å². The maximum absolute atomic E-state index is 13.8. The molecule has 1 aromatic heterocycles. The second-order valence-electron chi connectivity index (χ2n) is 5.94. The molecule has 3 rings (SSSR count). The highest BCUT2D eigenvalue weighted by Crippen LogP contribution is 2.18. The zero-order valence-electron chi connectivity index (χ0n) is 13.9. The lowest BCUT2D eigenvalue weighted by Gasteiger charge is -2.31. The Kier molecular flexibility index (Phi) is 5.32. The number of aromatic nitrogens is 3. The molecule has 0 amide bonds. The monoisotopic (exact) mass is 386 g/mol.